The Labute approximate surface area is 206 Å². The van der Waals surface area contributed by atoms with Gasteiger partial charge < -0.3 is 10.6 Å². The van der Waals surface area contributed by atoms with Crippen molar-refractivity contribution in [3.05, 3.63) is 58.7 Å². The van der Waals surface area contributed by atoms with Crippen molar-refractivity contribution in [3.63, 3.8) is 0 Å². The molecule has 176 valence electrons. The first kappa shape index (κ1) is 22.7. The largest absolute Gasteiger partial charge is 0.368 e. The zero-order valence-electron chi connectivity index (χ0n) is 18.8. The van der Waals surface area contributed by atoms with Crippen molar-refractivity contribution in [2.24, 2.45) is 0 Å². The Kier molecular flexibility index (Phi) is 7.28. The van der Waals surface area contributed by atoms with Crippen molar-refractivity contribution in [2.45, 2.75) is 32.2 Å². The number of piperidine rings is 1. The van der Waals surface area contributed by atoms with Gasteiger partial charge in [0.15, 0.2) is 5.13 Å². The first-order valence-corrected chi connectivity index (χ1v) is 13.2. The quantitative estimate of drug-likeness (QED) is 0.303. The molecular formula is C24H27N7OS2. The molecule has 0 atom stereocenters. The summed E-state index contributed by atoms with van der Waals surface area (Å²) in [4.78, 5) is 29.0. The summed E-state index contributed by atoms with van der Waals surface area (Å²) in [7, 11) is 0. The summed E-state index contributed by atoms with van der Waals surface area (Å²) in [5.74, 6) is 0.852. The SMILES string of the molecule is O=C(Nc1cccc(CN2CCCCC2)c1)Nc1ncc(CCNc2ncnc3ccsc23)s1. The third kappa shape index (κ3) is 5.88. The van der Waals surface area contributed by atoms with Gasteiger partial charge in [0.25, 0.3) is 0 Å². The molecule has 8 nitrogen and oxygen atoms in total. The van der Waals surface area contributed by atoms with E-state index in [9.17, 15) is 4.79 Å². The van der Waals surface area contributed by atoms with E-state index in [0.29, 0.717) is 5.13 Å². The number of thiophene rings is 1. The van der Waals surface area contributed by atoms with E-state index in [1.165, 1.54) is 36.2 Å². The van der Waals surface area contributed by atoms with Crippen LogP contribution in [0.25, 0.3) is 10.2 Å². The number of urea groups is 1. The van der Waals surface area contributed by atoms with E-state index in [1.807, 2.05) is 35.8 Å². The number of aromatic nitrogens is 3. The number of anilines is 3. The van der Waals surface area contributed by atoms with E-state index in [1.54, 1.807) is 17.7 Å². The minimum atomic E-state index is -0.282. The zero-order chi connectivity index (χ0) is 23.2. The number of hydrogen-bond acceptors (Lipinski definition) is 8. The Hall–Kier alpha value is -3.08. The molecule has 34 heavy (non-hydrogen) atoms. The monoisotopic (exact) mass is 493 g/mol. The van der Waals surface area contributed by atoms with Crippen LogP contribution in [-0.4, -0.2) is 45.5 Å². The van der Waals surface area contributed by atoms with Crippen LogP contribution in [0.2, 0.25) is 0 Å². The summed E-state index contributed by atoms with van der Waals surface area (Å²) in [6, 6.07) is 9.77. The molecule has 0 aliphatic carbocycles. The molecule has 1 aliphatic rings. The first-order valence-electron chi connectivity index (χ1n) is 11.5. The number of fused-ring (bicyclic) bond motifs is 1. The Bertz CT molecular complexity index is 1250. The fraction of sp³-hybridized carbons (Fsp3) is 0.333. The number of rotatable bonds is 8. The predicted octanol–water partition coefficient (Wildman–Crippen LogP) is 5.43. The Morgan fingerprint density at radius 1 is 1.06 bits per heavy atom. The number of nitrogens with one attached hydrogen (secondary N) is 3. The molecule has 2 amide bonds. The van der Waals surface area contributed by atoms with Crippen molar-refractivity contribution >= 4 is 55.6 Å². The van der Waals surface area contributed by atoms with Crippen LogP contribution in [0, 0.1) is 0 Å². The number of benzene rings is 1. The van der Waals surface area contributed by atoms with E-state index < -0.39 is 0 Å². The van der Waals surface area contributed by atoms with Crippen molar-refractivity contribution < 1.29 is 4.79 Å². The molecule has 4 aromatic rings. The van der Waals surface area contributed by atoms with Crippen LogP contribution in [0.1, 0.15) is 29.7 Å². The van der Waals surface area contributed by atoms with Gasteiger partial charge in [0, 0.05) is 36.3 Å². The van der Waals surface area contributed by atoms with Gasteiger partial charge in [-0.1, -0.05) is 18.6 Å². The second kappa shape index (κ2) is 10.9. The van der Waals surface area contributed by atoms with Crippen molar-refractivity contribution in [3.8, 4) is 0 Å². The summed E-state index contributed by atoms with van der Waals surface area (Å²) in [5, 5.41) is 11.8. The summed E-state index contributed by atoms with van der Waals surface area (Å²) < 4.78 is 1.06. The molecule has 1 aliphatic heterocycles. The molecule has 10 heteroatoms. The van der Waals surface area contributed by atoms with Crippen LogP contribution in [0.4, 0.5) is 21.4 Å². The molecular weight excluding hydrogens is 466 g/mol. The minimum absolute atomic E-state index is 0.282. The maximum Gasteiger partial charge on any atom is 0.325 e. The molecule has 4 heterocycles. The molecule has 0 spiro atoms. The summed E-state index contributed by atoms with van der Waals surface area (Å²) in [6.45, 7) is 3.95. The lowest BCUT2D eigenvalue weighted by Crippen LogP contribution is -2.29. The average molecular weight is 494 g/mol. The van der Waals surface area contributed by atoms with Gasteiger partial charge in [0.05, 0.1) is 10.2 Å². The molecule has 1 aromatic carbocycles. The van der Waals surface area contributed by atoms with Gasteiger partial charge in [-0.05, 0) is 55.1 Å². The van der Waals surface area contributed by atoms with Gasteiger partial charge in [-0.25, -0.2) is 19.7 Å². The normalized spacial score (nSPS) is 14.2. The lowest BCUT2D eigenvalue weighted by Gasteiger charge is -2.26. The van der Waals surface area contributed by atoms with Gasteiger partial charge in [0.1, 0.15) is 12.1 Å². The molecule has 1 fully saturated rings. The highest BCUT2D eigenvalue weighted by atomic mass is 32.1. The first-order chi connectivity index (χ1) is 16.7. The summed E-state index contributed by atoms with van der Waals surface area (Å²) >= 11 is 3.11. The fourth-order valence-corrected chi connectivity index (χ4v) is 5.70. The minimum Gasteiger partial charge on any atom is -0.368 e. The number of hydrogen-bond donors (Lipinski definition) is 3. The third-order valence-electron chi connectivity index (χ3n) is 5.72. The molecule has 3 aromatic heterocycles. The molecule has 1 saturated heterocycles. The molecule has 0 saturated carbocycles. The summed E-state index contributed by atoms with van der Waals surface area (Å²) in [6.07, 6.45) is 8.04. The number of carbonyl (C=O) groups is 1. The van der Waals surface area contributed by atoms with E-state index in [-0.39, 0.29) is 6.03 Å². The van der Waals surface area contributed by atoms with Crippen molar-refractivity contribution in [1.82, 2.24) is 19.9 Å². The number of carbonyl (C=O) groups excluding carboxylic acids is 1. The van der Waals surface area contributed by atoms with Crippen LogP contribution in [-0.2, 0) is 13.0 Å². The van der Waals surface area contributed by atoms with E-state index >= 15 is 0 Å². The number of nitrogens with zero attached hydrogens (tertiary/aromatic N) is 4. The topological polar surface area (TPSA) is 95.1 Å². The highest BCUT2D eigenvalue weighted by molar-refractivity contribution is 7.17. The second-order valence-corrected chi connectivity index (χ2v) is 10.3. The molecule has 0 bridgehead atoms. The lowest BCUT2D eigenvalue weighted by molar-refractivity contribution is 0.221. The second-order valence-electron chi connectivity index (χ2n) is 8.28. The number of likely N-dealkylation sites (tertiary alicyclic amines) is 1. The smallest absolute Gasteiger partial charge is 0.325 e. The molecule has 3 N–H and O–H groups in total. The standard InChI is InChI=1S/C24H27N7OS2/c32-23(29-18-6-4-5-17(13-18)15-31-10-2-1-3-11-31)30-24-26-14-19(34-24)7-9-25-22-21-20(8-12-33-21)27-16-28-22/h4-6,8,12-14,16H,1-3,7,9-11,15H2,(H,25,27,28)(H2,26,29,30,32). The predicted molar refractivity (Wildman–Crippen MR) is 140 cm³/mol. The zero-order valence-corrected chi connectivity index (χ0v) is 20.4. The highest BCUT2D eigenvalue weighted by Crippen LogP contribution is 2.25. The number of amides is 2. The molecule has 0 radical (unpaired) electrons. The van der Waals surface area contributed by atoms with Crippen LogP contribution >= 0.6 is 22.7 Å². The van der Waals surface area contributed by atoms with Crippen LogP contribution in [0.5, 0.6) is 0 Å². The van der Waals surface area contributed by atoms with Gasteiger partial charge >= 0.3 is 6.03 Å². The van der Waals surface area contributed by atoms with E-state index in [2.05, 4.69) is 41.9 Å². The third-order valence-corrected chi connectivity index (χ3v) is 7.60. The maximum absolute atomic E-state index is 12.5. The Balaban J connectivity index is 1.10. The van der Waals surface area contributed by atoms with Crippen LogP contribution in [0.3, 0.4) is 0 Å². The maximum atomic E-state index is 12.5. The Morgan fingerprint density at radius 3 is 2.88 bits per heavy atom. The van der Waals surface area contributed by atoms with Crippen molar-refractivity contribution in [1.29, 1.82) is 0 Å². The van der Waals surface area contributed by atoms with Crippen LogP contribution in [0.15, 0.2) is 48.2 Å². The van der Waals surface area contributed by atoms with Gasteiger partial charge in [-0.3, -0.25) is 10.2 Å². The van der Waals surface area contributed by atoms with E-state index in [0.717, 1.165) is 59.2 Å². The van der Waals surface area contributed by atoms with Gasteiger partial charge in [-0.2, -0.15) is 0 Å². The van der Waals surface area contributed by atoms with E-state index in [4.69, 9.17) is 0 Å². The molecule has 0 unspecified atom stereocenters. The Morgan fingerprint density at radius 2 is 1.97 bits per heavy atom. The molecule has 5 rings (SSSR count). The van der Waals surface area contributed by atoms with Gasteiger partial charge in [0.2, 0.25) is 0 Å². The summed E-state index contributed by atoms with van der Waals surface area (Å²) in [5.41, 5.74) is 2.96. The highest BCUT2D eigenvalue weighted by Gasteiger charge is 2.12. The number of thiazole rings is 1. The average Bonchev–Trinajstić information content (AvgIpc) is 3.50. The van der Waals surface area contributed by atoms with Gasteiger partial charge in [-0.15, -0.1) is 22.7 Å². The van der Waals surface area contributed by atoms with Crippen LogP contribution < -0.4 is 16.0 Å². The van der Waals surface area contributed by atoms with Crippen molar-refractivity contribution in [2.75, 3.05) is 35.6 Å². The lowest BCUT2D eigenvalue weighted by atomic mass is 10.1. The fourth-order valence-electron chi connectivity index (χ4n) is 4.08.